The first-order valence-electron chi connectivity index (χ1n) is 7.59. The minimum atomic E-state index is -3.77. The number of halogens is 1. The van der Waals surface area contributed by atoms with Crippen molar-refractivity contribution in [3.8, 4) is 11.3 Å². The van der Waals surface area contributed by atoms with Crippen molar-refractivity contribution in [2.75, 3.05) is 4.72 Å². The summed E-state index contributed by atoms with van der Waals surface area (Å²) in [7, 11) is -3.77. The topological polar surface area (TPSA) is 72.2 Å². The highest BCUT2D eigenvalue weighted by Crippen LogP contribution is 2.28. The van der Waals surface area contributed by atoms with E-state index in [0.29, 0.717) is 27.6 Å². The predicted octanol–water partition coefficient (Wildman–Crippen LogP) is 4.72. The number of nitrogens with zero attached hydrogens (tertiary/aromatic N) is 1. The SMILES string of the molecule is Cc1cc(-c2ccc(C)c(S(=O)(=O)Nc3ccc(C)c(Cl)c3)c2)on1. The number of benzene rings is 2. The molecule has 25 heavy (non-hydrogen) atoms. The molecule has 3 aromatic rings. The lowest BCUT2D eigenvalue weighted by Crippen LogP contribution is -2.14. The van der Waals surface area contributed by atoms with E-state index in [0.717, 1.165) is 11.3 Å². The van der Waals surface area contributed by atoms with Crippen LogP contribution in [0.4, 0.5) is 5.69 Å². The lowest BCUT2D eigenvalue weighted by atomic mass is 10.1. The standard InChI is InChI=1S/C18H17ClN2O3S/c1-11-5-7-15(10-16(11)19)21-25(22,23)18-9-14(6-4-12(18)2)17-8-13(3)20-24-17/h4-10,21H,1-3H3. The molecule has 0 unspecified atom stereocenters. The quantitative estimate of drug-likeness (QED) is 0.715. The summed E-state index contributed by atoms with van der Waals surface area (Å²) in [5, 5.41) is 4.34. The van der Waals surface area contributed by atoms with Gasteiger partial charge in [0.05, 0.1) is 16.3 Å². The van der Waals surface area contributed by atoms with Gasteiger partial charge in [-0.1, -0.05) is 35.0 Å². The van der Waals surface area contributed by atoms with Crippen LogP contribution in [0.25, 0.3) is 11.3 Å². The molecule has 3 rings (SSSR count). The lowest BCUT2D eigenvalue weighted by molar-refractivity contribution is 0.427. The van der Waals surface area contributed by atoms with Gasteiger partial charge in [0, 0.05) is 16.7 Å². The van der Waals surface area contributed by atoms with E-state index in [-0.39, 0.29) is 4.90 Å². The number of hydrogen-bond donors (Lipinski definition) is 1. The van der Waals surface area contributed by atoms with E-state index in [9.17, 15) is 8.42 Å². The number of anilines is 1. The molecule has 0 aliphatic carbocycles. The van der Waals surface area contributed by atoms with Gasteiger partial charge in [0.25, 0.3) is 10.0 Å². The Hall–Kier alpha value is -2.31. The molecule has 0 amide bonds. The highest BCUT2D eigenvalue weighted by Gasteiger charge is 2.19. The molecule has 0 aliphatic rings. The smallest absolute Gasteiger partial charge is 0.262 e. The minimum absolute atomic E-state index is 0.177. The zero-order valence-electron chi connectivity index (χ0n) is 14.0. The van der Waals surface area contributed by atoms with Crippen molar-refractivity contribution in [1.29, 1.82) is 0 Å². The highest BCUT2D eigenvalue weighted by atomic mass is 35.5. The molecule has 1 aromatic heterocycles. The van der Waals surface area contributed by atoms with Crippen molar-refractivity contribution in [2.24, 2.45) is 0 Å². The fraction of sp³-hybridized carbons (Fsp3) is 0.167. The Kier molecular flexibility index (Phi) is 4.58. The Labute approximate surface area is 151 Å². The van der Waals surface area contributed by atoms with Gasteiger partial charge in [-0.05, 0) is 50.1 Å². The van der Waals surface area contributed by atoms with Gasteiger partial charge >= 0.3 is 0 Å². The van der Waals surface area contributed by atoms with E-state index in [2.05, 4.69) is 9.88 Å². The summed E-state index contributed by atoms with van der Waals surface area (Å²) in [5.41, 5.74) is 3.30. The van der Waals surface area contributed by atoms with Gasteiger partial charge in [-0.25, -0.2) is 8.42 Å². The van der Waals surface area contributed by atoms with Gasteiger partial charge in [0.2, 0.25) is 0 Å². The monoisotopic (exact) mass is 376 g/mol. The summed E-state index contributed by atoms with van der Waals surface area (Å²) in [6, 6.07) is 11.9. The predicted molar refractivity (Wildman–Crippen MR) is 98.4 cm³/mol. The maximum Gasteiger partial charge on any atom is 0.262 e. The van der Waals surface area contributed by atoms with E-state index < -0.39 is 10.0 Å². The number of nitrogens with one attached hydrogen (secondary N) is 1. The summed E-state index contributed by atoms with van der Waals surface area (Å²) in [6.45, 7) is 5.40. The number of sulfonamides is 1. The largest absolute Gasteiger partial charge is 0.356 e. The summed E-state index contributed by atoms with van der Waals surface area (Å²) < 4.78 is 33.4. The van der Waals surface area contributed by atoms with E-state index in [4.69, 9.17) is 16.1 Å². The Balaban J connectivity index is 2.00. The van der Waals surface area contributed by atoms with E-state index >= 15 is 0 Å². The van der Waals surface area contributed by atoms with Crippen LogP contribution in [0.5, 0.6) is 0 Å². The Bertz CT molecular complexity index is 1040. The molecule has 130 valence electrons. The third-order valence-corrected chi connectivity index (χ3v) is 5.74. The molecule has 0 bridgehead atoms. The zero-order chi connectivity index (χ0) is 18.2. The number of aromatic nitrogens is 1. The van der Waals surface area contributed by atoms with Crippen molar-refractivity contribution in [3.63, 3.8) is 0 Å². The van der Waals surface area contributed by atoms with E-state index in [1.165, 1.54) is 0 Å². The first kappa shape index (κ1) is 17.5. The van der Waals surface area contributed by atoms with Crippen LogP contribution >= 0.6 is 11.6 Å². The molecule has 0 aliphatic heterocycles. The van der Waals surface area contributed by atoms with Gasteiger partial charge in [0.15, 0.2) is 5.76 Å². The van der Waals surface area contributed by atoms with Crippen molar-refractivity contribution >= 4 is 27.3 Å². The van der Waals surface area contributed by atoms with Gasteiger partial charge in [-0.2, -0.15) is 0 Å². The fourth-order valence-corrected chi connectivity index (χ4v) is 3.91. The zero-order valence-corrected chi connectivity index (χ0v) is 15.6. The van der Waals surface area contributed by atoms with Crippen molar-refractivity contribution < 1.29 is 12.9 Å². The number of hydrogen-bond acceptors (Lipinski definition) is 4. The van der Waals surface area contributed by atoms with E-state index in [1.807, 2.05) is 13.8 Å². The molecule has 0 fully saturated rings. The van der Waals surface area contributed by atoms with Crippen molar-refractivity contribution in [1.82, 2.24) is 5.16 Å². The summed E-state index contributed by atoms with van der Waals surface area (Å²) >= 11 is 6.07. The van der Waals surface area contributed by atoms with Crippen LogP contribution in [-0.2, 0) is 10.0 Å². The highest BCUT2D eigenvalue weighted by molar-refractivity contribution is 7.92. The Morgan fingerprint density at radius 3 is 2.36 bits per heavy atom. The maximum absolute atomic E-state index is 12.8. The molecule has 1 N–H and O–H groups in total. The van der Waals surface area contributed by atoms with Crippen LogP contribution in [0.15, 0.2) is 51.9 Å². The van der Waals surface area contributed by atoms with Gasteiger partial charge < -0.3 is 4.52 Å². The second-order valence-electron chi connectivity index (χ2n) is 5.88. The molecule has 0 saturated carbocycles. The average molecular weight is 377 g/mol. The van der Waals surface area contributed by atoms with Crippen LogP contribution < -0.4 is 4.72 Å². The van der Waals surface area contributed by atoms with Crippen LogP contribution in [0, 0.1) is 20.8 Å². The van der Waals surface area contributed by atoms with Crippen LogP contribution in [0.2, 0.25) is 5.02 Å². The molecule has 2 aromatic carbocycles. The Morgan fingerprint density at radius 1 is 1.00 bits per heavy atom. The molecule has 1 heterocycles. The van der Waals surface area contributed by atoms with Crippen molar-refractivity contribution in [2.45, 2.75) is 25.7 Å². The average Bonchev–Trinajstić information content (AvgIpc) is 2.97. The third-order valence-electron chi connectivity index (χ3n) is 3.81. The normalized spacial score (nSPS) is 11.5. The molecule has 0 radical (unpaired) electrons. The number of rotatable bonds is 4. The van der Waals surface area contributed by atoms with Crippen molar-refractivity contribution in [3.05, 3.63) is 64.3 Å². The summed E-state index contributed by atoms with van der Waals surface area (Å²) in [4.78, 5) is 0.177. The summed E-state index contributed by atoms with van der Waals surface area (Å²) in [6.07, 6.45) is 0. The molecule has 0 atom stereocenters. The second-order valence-corrected chi connectivity index (χ2v) is 7.94. The first-order valence-corrected chi connectivity index (χ1v) is 9.46. The van der Waals surface area contributed by atoms with Crippen LogP contribution in [0.3, 0.4) is 0 Å². The molecule has 0 saturated heterocycles. The lowest BCUT2D eigenvalue weighted by Gasteiger charge is -2.12. The maximum atomic E-state index is 12.8. The molecule has 5 nitrogen and oxygen atoms in total. The second kappa shape index (κ2) is 6.54. The minimum Gasteiger partial charge on any atom is -0.356 e. The van der Waals surface area contributed by atoms with Crippen LogP contribution in [-0.4, -0.2) is 13.6 Å². The molecule has 7 heteroatoms. The number of aryl methyl sites for hydroxylation is 3. The summed E-state index contributed by atoms with van der Waals surface area (Å²) in [5.74, 6) is 0.521. The van der Waals surface area contributed by atoms with Gasteiger partial charge in [-0.3, -0.25) is 4.72 Å². The van der Waals surface area contributed by atoms with Gasteiger partial charge in [-0.15, -0.1) is 0 Å². The molecular weight excluding hydrogens is 360 g/mol. The molecule has 0 spiro atoms. The fourth-order valence-electron chi connectivity index (χ4n) is 2.41. The first-order chi connectivity index (χ1) is 11.8. The third kappa shape index (κ3) is 3.70. The Morgan fingerprint density at radius 2 is 1.72 bits per heavy atom. The van der Waals surface area contributed by atoms with Crippen LogP contribution in [0.1, 0.15) is 16.8 Å². The van der Waals surface area contributed by atoms with E-state index in [1.54, 1.807) is 49.4 Å². The molecular formula is C18H17ClN2O3S. The van der Waals surface area contributed by atoms with Gasteiger partial charge in [0.1, 0.15) is 0 Å².